The molecule has 0 fully saturated rings. The van der Waals surface area contributed by atoms with Crippen molar-refractivity contribution >= 4 is 23.0 Å². The summed E-state index contributed by atoms with van der Waals surface area (Å²) in [5.41, 5.74) is 7.23. The van der Waals surface area contributed by atoms with E-state index < -0.39 is 0 Å². The van der Waals surface area contributed by atoms with Gasteiger partial charge in [-0.05, 0) is 24.3 Å². The van der Waals surface area contributed by atoms with E-state index in [1.807, 2.05) is 12.1 Å². The smallest absolute Gasteiger partial charge is 0.349 e. The lowest BCUT2D eigenvalue weighted by atomic mass is 10.2. The number of esters is 1. The van der Waals surface area contributed by atoms with Crippen LogP contribution in [-0.2, 0) is 4.74 Å². The van der Waals surface area contributed by atoms with Crippen molar-refractivity contribution in [3.63, 3.8) is 0 Å². The van der Waals surface area contributed by atoms with E-state index in [1.54, 1.807) is 12.1 Å². The number of carbonyl (C=O) groups is 1. The highest BCUT2D eigenvalue weighted by molar-refractivity contribution is 7.16. The molecule has 82 valence electrons. The lowest BCUT2D eigenvalue weighted by Crippen LogP contribution is -1.96. The van der Waals surface area contributed by atoms with Crippen LogP contribution in [0.3, 0.4) is 0 Å². The van der Waals surface area contributed by atoms with Crippen LogP contribution in [0.15, 0.2) is 30.5 Å². The monoisotopic (exact) mass is 234 g/mol. The maximum Gasteiger partial charge on any atom is 0.349 e. The van der Waals surface area contributed by atoms with E-state index in [2.05, 4.69) is 9.72 Å². The number of nitrogen functional groups attached to an aromatic ring is 1. The van der Waals surface area contributed by atoms with Crippen molar-refractivity contribution < 1.29 is 9.53 Å². The summed E-state index contributed by atoms with van der Waals surface area (Å²) in [5.74, 6) is -0.362. The molecule has 0 bridgehead atoms. The van der Waals surface area contributed by atoms with E-state index >= 15 is 0 Å². The molecule has 0 saturated carbocycles. The number of nitrogens with zero attached hydrogens (tertiary/aromatic N) is 1. The molecule has 16 heavy (non-hydrogen) atoms. The molecular weight excluding hydrogens is 224 g/mol. The third kappa shape index (κ3) is 2.04. The Bertz CT molecular complexity index is 505. The summed E-state index contributed by atoms with van der Waals surface area (Å²) in [4.78, 5) is 15.9. The molecule has 0 saturated heterocycles. The lowest BCUT2D eigenvalue weighted by molar-refractivity contribution is 0.0606. The molecule has 2 aromatic rings. The Morgan fingerprint density at radius 2 is 2.06 bits per heavy atom. The van der Waals surface area contributed by atoms with Crippen LogP contribution in [0.1, 0.15) is 9.67 Å². The summed E-state index contributed by atoms with van der Waals surface area (Å²) in [6, 6.07) is 7.34. The number of hydrogen-bond donors (Lipinski definition) is 1. The van der Waals surface area contributed by atoms with Gasteiger partial charge in [-0.15, -0.1) is 11.3 Å². The third-order valence-corrected chi connectivity index (χ3v) is 3.08. The van der Waals surface area contributed by atoms with E-state index in [0.29, 0.717) is 10.6 Å². The minimum absolute atomic E-state index is 0.362. The number of aromatic nitrogens is 1. The molecule has 1 aromatic heterocycles. The zero-order valence-corrected chi connectivity index (χ0v) is 9.45. The normalized spacial score (nSPS) is 10.1. The maximum absolute atomic E-state index is 11.2. The van der Waals surface area contributed by atoms with Crippen molar-refractivity contribution in [1.82, 2.24) is 4.98 Å². The van der Waals surface area contributed by atoms with Crippen molar-refractivity contribution in [3.8, 4) is 10.6 Å². The number of carbonyl (C=O) groups excluding carboxylic acids is 1. The second-order valence-corrected chi connectivity index (χ2v) is 4.17. The number of ether oxygens (including phenoxy) is 1. The van der Waals surface area contributed by atoms with Crippen molar-refractivity contribution in [2.24, 2.45) is 0 Å². The topological polar surface area (TPSA) is 65.2 Å². The summed E-state index contributed by atoms with van der Waals surface area (Å²) >= 11 is 1.30. The zero-order chi connectivity index (χ0) is 11.5. The number of methoxy groups -OCH3 is 1. The minimum atomic E-state index is -0.362. The molecule has 2 N–H and O–H groups in total. The summed E-state index contributed by atoms with van der Waals surface area (Å²) in [5, 5.41) is 0.778. The van der Waals surface area contributed by atoms with Crippen LogP contribution in [0, 0.1) is 0 Å². The molecule has 0 aliphatic rings. The van der Waals surface area contributed by atoms with Crippen LogP contribution in [0.2, 0.25) is 0 Å². The van der Waals surface area contributed by atoms with Crippen LogP contribution < -0.4 is 5.73 Å². The molecule has 5 heteroatoms. The Kier molecular flexibility index (Phi) is 2.87. The number of hydrogen-bond acceptors (Lipinski definition) is 5. The van der Waals surface area contributed by atoms with Gasteiger partial charge in [-0.3, -0.25) is 0 Å². The first-order valence-corrected chi connectivity index (χ1v) is 5.42. The van der Waals surface area contributed by atoms with Gasteiger partial charge in [0.25, 0.3) is 0 Å². The maximum atomic E-state index is 11.2. The molecule has 0 atom stereocenters. The lowest BCUT2D eigenvalue weighted by Gasteiger charge is -1.96. The fourth-order valence-corrected chi connectivity index (χ4v) is 2.07. The second-order valence-electron chi connectivity index (χ2n) is 3.14. The van der Waals surface area contributed by atoms with Crippen LogP contribution in [0.5, 0.6) is 0 Å². The van der Waals surface area contributed by atoms with E-state index in [1.165, 1.54) is 24.6 Å². The van der Waals surface area contributed by atoms with Crippen molar-refractivity contribution in [1.29, 1.82) is 0 Å². The van der Waals surface area contributed by atoms with E-state index in [9.17, 15) is 4.79 Å². The first-order valence-electron chi connectivity index (χ1n) is 4.61. The van der Waals surface area contributed by atoms with Crippen LogP contribution in [-0.4, -0.2) is 18.1 Å². The summed E-state index contributed by atoms with van der Waals surface area (Å²) in [7, 11) is 1.35. The van der Waals surface area contributed by atoms with Gasteiger partial charge in [0.15, 0.2) is 0 Å². The first-order chi connectivity index (χ1) is 7.70. The molecule has 1 heterocycles. The number of benzene rings is 1. The van der Waals surface area contributed by atoms with Gasteiger partial charge in [-0.2, -0.15) is 0 Å². The number of nitrogens with two attached hydrogens (primary N) is 1. The van der Waals surface area contributed by atoms with Gasteiger partial charge in [0.1, 0.15) is 9.88 Å². The average Bonchev–Trinajstić information content (AvgIpc) is 2.78. The molecule has 4 nitrogen and oxygen atoms in total. The molecule has 1 aromatic carbocycles. The average molecular weight is 234 g/mol. The van der Waals surface area contributed by atoms with Crippen LogP contribution >= 0.6 is 11.3 Å². The Hall–Kier alpha value is -1.88. The highest BCUT2D eigenvalue weighted by Crippen LogP contribution is 2.26. The Morgan fingerprint density at radius 1 is 1.38 bits per heavy atom. The van der Waals surface area contributed by atoms with Gasteiger partial charge in [0, 0.05) is 11.3 Å². The molecule has 2 rings (SSSR count). The van der Waals surface area contributed by atoms with Gasteiger partial charge < -0.3 is 10.5 Å². The quantitative estimate of drug-likeness (QED) is 0.639. The van der Waals surface area contributed by atoms with E-state index in [0.717, 1.165) is 10.6 Å². The van der Waals surface area contributed by atoms with Crippen molar-refractivity contribution in [3.05, 3.63) is 35.3 Å². The number of thiazole rings is 1. The SMILES string of the molecule is COC(=O)c1cnc(-c2ccc(N)cc2)s1. The van der Waals surface area contributed by atoms with Gasteiger partial charge >= 0.3 is 5.97 Å². The molecule has 0 aliphatic carbocycles. The molecule has 0 aliphatic heterocycles. The summed E-state index contributed by atoms with van der Waals surface area (Å²) in [6.45, 7) is 0. The summed E-state index contributed by atoms with van der Waals surface area (Å²) in [6.07, 6.45) is 1.52. The van der Waals surface area contributed by atoms with Gasteiger partial charge in [0.2, 0.25) is 0 Å². The fraction of sp³-hybridized carbons (Fsp3) is 0.0909. The van der Waals surface area contributed by atoms with Crippen molar-refractivity contribution in [2.45, 2.75) is 0 Å². The second kappa shape index (κ2) is 4.32. The molecule has 0 amide bonds. The molecule has 0 radical (unpaired) electrons. The molecule has 0 unspecified atom stereocenters. The number of rotatable bonds is 2. The van der Waals surface area contributed by atoms with E-state index in [4.69, 9.17) is 5.73 Å². The molecular formula is C11H10N2O2S. The standard InChI is InChI=1S/C11H10N2O2S/c1-15-11(14)9-6-13-10(16-9)7-2-4-8(12)5-3-7/h2-6H,12H2,1H3. The first kappa shape index (κ1) is 10.6. The largest absolute Gasteiger partial charge is 0.465 e. The zero-order valence-electron chi connectivity index (χ0n) is 8.64. The molecule has 0 spiro atoms. The predicted octanol–water partition coefficient (Wildman–Crippen LogP) is 2.18. The third-order valence-electron chi connectivity index (χ3n) is 2.05. The van der Waals surface area contributed by atoms with Crippen LogP contribution in [0.25, 0.3) is 10.6 Å². The van der Waals surface area contributed by atoms with Crippen molar-refractivity contribution in [2.75, 3.05) is 12.8 Å². The Balaban J connectivity index is 2.31. The highest BCUT2D eigenvalue weighted by Gasteiger charge is 2.11. The van der Waals surface area contributed by atoms with E-state index in [-0.39, 0.29) is 5.97 Å². The summed E-state index contributed by atoms with van der Waals surface area (Å²) < 4.78 is 4.62. The number of anilines is 1. The minimum Gasteiger partial charge on any atom is -0.465 e. The van der Waals surface area contributed by atoms with Gasteiger partial charge in [0.05, 0.1) is 13.3 Å². The Labute approximate surface area is 96.7 Å². The highest BCUT2D eigenvalue weighted by atomic mass is 32.1. The predicted molar refractivity (Wildman–Crippen MR) is 63.3 cm³/mol. The van der Waals surface area contributed by atoms with Crippen LogP contribution in [0.4, 0.5) is 5.69 Å². The van der Waals surface area contributed by atoms with Gasteiger partial charge in [-0.25, -0.2) is 9.78 Å². The Morgan fingerprint density at radius 3 is 2.69 bits per heavy atom. The van der Waals surface area contributed by atoms with Gasteiger partial charge in [-0.1, -0.05) is 0 Å². The fourth-order valence-electron chi connectivity index (χ4n) is 1.23.